The van der Waals surface area contributed by atoms with Crippen molar-refractivity contribution >= 4 is 28.4 Å². The summed E-state index contributed by atoms with van der Waals surface area (Å²) in [5.41, 5.74) is 1.11. The average Bonchev–Trinajstić information content (AvgIpc) is 3.40. The van der Waals surface area contributed by atoms with Crippen molar-refractivity contribution in [2.45, 2.75) is 46.3 Å². The first-order chi connectivity index (χ1) is 18.5. The number of ketones is 1. The molecule has 0 amide bonds. The second-order valence-corrected chi connectivity index (χ2v) is 10.1. The number of aromatic nitrogens is 4. The summed E-state index contributed by atoms with van der Waals surface area (Å²) < 4.78 is 42.1. The topological polar surface area (TPSA) is 87.7 Å². The summed E-state index contributed by atoms with van der Waals surface area (Å²) in [5.74, 6) is -1.44. The Hall–Kier alpha value is -4.60. The molecule has 0 aliphatic rings. The monoisotopic (exact) mass is 532 g/mol. The standard InChI is InChI=1S/C29H26F2N4O4/c1-17-26(34-14-8-13-25(27(34)32-17)38-16-19-20(30)10-7-11-21(19)31)24(36)15-22-18-9-5-6-12-23(18)35(33-22)28(37)39-29(2,3)4/h5-14H,15-16H2,1-4H3. The van der Waals surface area contributed by atoms with Gasteiger partial charge >= 0.3 is 6.09 Å². The zero-order valence-electron chi connectivity index (χ0n) is 21.9. The maximum absolute atomic E-state index is 14.1. The third-order valence-electron chi connectivity index (χ3n) is 6.04. The molecule has 0 N–H and O–H groups in total. The highest BCUT2D eigenvalue weighted by atomic mass is 19.1. The summed E-state index contributed by atoms with van der Waals surface area (Å²) in [7, 11) is 0. The van der Waals surface area contributed by atoms with Crippen molar-refractivity contribution in [1.29, 1.82) is 0 Å². The molecule has 0 saturated heterocycles. The van der Waals surface area contributed by atoms with Crippen LogP contribution < -0.4 is 4.74 Å². The van der Waals surface area contributed by atoms with Gasteiger partial charge in [-0.3, -0.25) is 9.20 Å². The Labute approximate surface area is 222 Å². The van der Waals surface area contributed by atoms with Crippen molar-refractivity contribution in [2.24, 2.45) is 0 Å². The van der Waals surface area contributed by atoms with E-state index in [9.17, 15) is 18.4 Å². The molecular weight excluding hydrogens is 506 g/mol. The van der Waals surface area contributed by atoms with E-state index in [-0.39, 0.29) is 30.1 Å². The van der Waals surface area contributed by atoms with Crippen LogP contribution in [-0.4, -0.2) is 36.6 Å². The Morgan fingerprint density at radius 2 is 1.69 bits per heavy atom. The summed E-state index contributed by atoms with van der Waals surface area (Å²) in [4.78, 5) is 30.9. The normalized spacial score (nSPS) is 11.7. The maximum atomic E-state index is 14.1. The van der Waals surface area contributed by atoms with Crippen molar-refractivity contribution in [1.82, 2.24) is 19.2 Å². The van der Waals surface area contributed by atoms with Gasteiger partial charge in [-0.05, 0) is 58.0 Å². The predicted molar refractivity (Wildman–Crippen MR) is 140 cm³/mol. The molecule has 0 unspecified atom stereocenters. The van der Waals surface area contributed by atoms with Gasteiger partial charge in [-0.1, -0.05) is 24.3 Å². The lowest BCUT2D eigenvalue weighted by atomic mass is 10.1. The predicted octanol–water partition coefficient (Wildman–Crippen LogP) is 6.06. The molecule has 0 spiro atoms. The van der Waals surface area contributed by atoms with Gasteiger partial charge in [0.1, 0.15) is 29.5 Å². The number of aryl methyl sites for hydroxylation is 1. The van der Waals surface area contributed by atoms with Gasteiger partial charge in [-0.25, -0.2) is 18.6 Å². The fourth-order valence-electron chi connectivity index (χ4n) is 4.37. The summed E-state index contributed by atoms with van der Waals surface area (Å²) >= 11 is 0. The molecule has 10 heteroatoms. The van der Waals surface area contributed by atoms with Gasteiger partial charge in [0.2, 0.25) is 0 Å². The lowest BCUT2D eigenvalue weighted by molar-refractivity contribution is 0.0521. The number of carbonyl (C=O) groups is 2. The van der Waals surface area contributed by atoms with Gasteiger partial charge < -0.3 is 9.47 Å². The third kappa shape index (κ3) is 5.09. The molecule has 0 atom stereocenters. The van der Waals surface area contributed by atoms with E-state index in [2.05, 4.69) is 10.1 Å². The van der Waals surface area contributed by atoms with Gasteiger partial charge in [0.15, 0.2) is 17.2 Å². The number of fused-ring (bicyclic) bond motifs is 2. The number of hydrogen-bond acceptors (Lipinski definition) is 6. The number of imidazole rings is 1. The maximum Gasteiger partial charge on any atom is 0.435 e. The van der Waals surface area contributed by atoms with Crippen molar-refractivity contribution in [3.8, 4) is 5.75 Å². The molecule has 0 radical (unpaired) electrons. The van der Waals surface area contributed by atoms with E-state index < -0.39 is 23.3 Å². The molecule has 0 aliphatic heterocycles. The van der Waals surface area contributed by atoms with Crippen LogP contribution in [0.15, 0.2) is 60.8 Å². The second-order valence-electron chi connectivity index (χ2n) is 10.1. The quantitative estimate of drug-likeness (QED) is 0.247. The minimum absolute atomic E-state index is 0.101. The molecule has 0 saturated carbocycles. The largest absolute Gasteiger partial charge is 0.485 e. The molecule has 200 valence electrons. The van der Waals surface area contributed by atoms with Crippen molar-refractivity contribution in [3.63, 3.8) is 0 Å². The molecule has 2 aromatic carbocycles. The number of benzene rings is 2. The van der Waals surface area contributed by atoms with Gasteiger partial charge in [-0.15, -0.1) is 0 Å². The Kier molecular flexibility index (Phi) is 6.63. The summed E-state index contributed by atoms with van der Waals surface area (Å²) in [5, 5.41) is 5.08. The number of para-hydroxylation sites is 1. The molecule has 5 aromatic rings. The van der Waals surface area contributed by atoms with Crippen LogP contribution in [0.3, 0.4) is 0 Å². The van der Waals surface area contributed by atoms with Crippen molar-refractivity contribution in [3.05, 3.63) is 95.1 Å². The molecule has 3 aromatic heterocycles. The summed E-state index contributed by atoms with van der Waals surface area (Å²) in [6.07, 6.45) is 0.920. The van der Waals surface area contributed by atoms with Crippen LogP contribution in [0, 0.1) is 18.6 Å². The molecule has 0 aliphatic carbocycles. The van der Waals surface area contributed by atoms with Crippen LogP contribution in [-0.2, 0) is 17.8 Å². The number of halogens is 2. The minimum Gasteiger partial charge on any atom is -0.485 e. The highest BCUT2D eigenvalue weighted by Gasteiger charge is 2.25. The van der Waals surface area contributed by atoms with Crippen LogP contribution in [0.1, 0.15) is 48.2 Å². The molecule has 0 fully saturated rings. The Morgan fingerprint density at radius 1 is 0.974 bits per heavy atom. The second kappa shape index (κ2) is 9.94. The van der Waals surface area contributed by atoms with Gasteiger partial charge in [0, 0.05) is 11.6 Å². The Balaban J connectivity index is 1.46. The molecule has 5 rings (SSSR count). The van der Waals surface area contributed by atoms with E-state index in [0.29, 0.717) is 33.6 Å². The molecule has 8 nitrogen and oxygen atoms in total. The lowest BCUT2D eigenvalue weighted by Gasteiger charge is -2.19. The summed E-state index contributed by atoms with van der Waals surface area (Å²) in [6.45, 7) is 6.64. The number of pyridine rings is 1. The third-order valence-corrected chi connectivity index (χ3v) is 6.04. The number of carbonyl (C=O) groups excluding carboxylic acids is 2. The highest BCUT2D eigenvalue weighted by Crippen LogP contribution is 2.26. The number of ether oxygens (including phenoxy) is 2. The lowest BCUT2D eigenvalue weighted by Crippen LogP contribution is -2.27. The van der Waals surface area contributed by atoms with E-state index in [0.717, 1.165) is 12.1 Å². The van der Waals surface area contributed by atoms with E-state index in [4.69, 9.17) is 9.47 Å². The molecule has 0 bridgehead atoms. The zero-order valence-corrected chi connectivity index (χ0v) is 21.9. The van der Waals surface area contributed by atoms with Crippen LogP contribution >= 0.6 is 0 Å². The molecule has 39 heavy (non-hydrogen) atoms. The zero-order chi connectivity index (χ0) is 27.9. The SMILES string of the molecule is Cc1nc2c(OCc3c(F)cccc3F)cccn2c1C(=O)Cc1nn(C(=O)OC(C)(C)C)c2ccccc12. The number of rotatable bonds is 6. The van der Waals surface area contributed by atoms with Crippen molar-refractivity contribution < 1.29 is 27.8 Å². The highest BCUT2D eigenvalue weighted by molar-refractivity contribution is 6.00. The van der Waals surface area contributed by atoms with Crippen LogP contribution in [0.5, 0.6) is 5.75 Å². The fourth-order valence-corrected chi connectivity index (χ4v) is 4.37. The van der Waals surface area contributed by atoms with Crippen molar-refractivity contribution in [2.75, 3.05) is 0 Å². The number of hydrogen-bond donors (Lipinski definition) is 0. The fraction of sp³-hybridized carbons (Fsp3) is 0.241. The molecular formula is C29H26F2N4O4. The first-order valence-electron chi connectivity index (χ1n) is 12.3. The van der Waals surface area contributed by atoms with Crippen LogP contribution in [0.4, 0.5) is 13.6 Å². The van der Waals surface area contributed by atoms with E-state index in [1.165, 1.54) is 10.7 Å². The van der Waals surface area contributed by atoms with E-state index in [1.807, 2.05) is 0 Å². The number of nitrogens with zero attached hydrogens (tertiary/aromatic N) is 4. The summed E-state index contributed by atoms with van der Waals surface area (Å²) in [6, 6.07) is 14.0. The average molecular weight is 533 g/mol. The van der Waals surface area contributed by atoms with Gasteiger partial charge in [0.25, 0.3) is 0 Å². The first kappa shape index (κ1) is 26.0. The van der Waals surface area contributed by atoms with E-state index >= 15 is 0 Å². The van der Waals surface area contributed by atoms with Gasteiger partial charge in [-0.2, -0.15) is 9.78 Å². The number of Topliss-reactive ketones (excluding diaryl/α,β-unsaturated/α-hetero) is 1. The van der Waals surface area contributed by atoms with Crippen LogP contribution in [0.25, 0.3) is 16.6 Å². The molecule has 3 heterocycles. The Bertz CT molecular complexity index is 1710. The first-order valence-corrected chi connectivity index (χ1v) is 12.3. The Morgan fingerprint density at radius 3 is 2.41 bits per heavy atom. The van der Waals surface area contributed by atoms with E-state index in [1.54, 1.807) is 74.7 Å². The minimum atomic E-state index is -0.717. The van der Waals surface area contributed by atoms with Crippen LogP contribution in [0.2, 0.25) is 0 Å². The van der Waals surface area contributed by atoms with Gasteiger partial charge in [0.05, 0.1) is 28.9 Å². The smallest absolute Gasteiger partial charge is 0.435 e.